The number of hydrogen-bond acceptors (Lipinski definition) is 2. The predicted molar refractivity (Wildman–Crippen MR) is 117 cm³/mol. The van der Waals surface area contributed by atoms with Crippen LogP contribution < -0.4 is 0 Å². The molecule has 2 N–H and O–H groups in total. The van der Waals surface area contributed by atoms with Crippen LogP contribution in [0.15, 0.2) is 54.6 Å². The van der Waals surface area contributed by atoms with Crippen molar-refractivity contribution in [3.05, 3.63) is 71.3 Å². The Balaban J connectivity index is 1.70. The third-order valence-electron chi connectivity index (χ3n) is 6.27. The summed E-state index contributed by atoms with van der Waals surface area (Å²) in [7, 11) is 0. The molecule has 0 amide bonds. The summed E-state index contributed by atoms with van der Waals surface area (Å²) in [6, 6.07) is 13.8. The monoisotopic (exact) mass is 378 g/mol. The summed E-state index contributed by atoms with van der Waals surface area (Å²) in [5.41, 5.74) is 3.69. The Morgan fingerprint density at radius 1 is 0.893 bits per heavy atom. The van der Waals surface area contributed by atoms with Gasteiger partial charge in [0.05, 0.1) is 0 Å². The van der Waals surface area contributed by atoms with Crippen molar-refractivity contribution in [2.45, 2.75) is 70.6 Å². The average molecular weight is 379 g/mol. The highest BCUT2D eigenvalue weighted by Gasteiger charge is 2.20. The number of allylic oxidation sites excluding steroid dienone is 2. The SMILES string of the molecule is CCCCC(CC)Cc1cc(C2C=CC(c3ccc(O)cc3)CC2)ccc1O. The number of rotatable bonds is 8. The fourth-order valence-corrected chi connectivity index (χ4v) is 4.35. The Labute approximate surface area is 169 Å². The molecule has 0 saturated carbocycles. The van der Waals surface area contributed by atoms with Crippen molar-refractivity contribution in [1.29, 1.82) is 0 Å². The lowest BCUT2D eigenvalue weighted by atomic mass is 9.80. The molecule has 2 nitrogen and oxygen atoms in total. The maximum atomic E-state index is 10.4. The van der Waals surface area contributed by atoms with Gasteiger partial charge in [-0.3, -0.25) is 0 Å². The summed E-state index contributed by atoms with van der Waals surface area (Å²) in [6.45, 7) is 4.50. The molecule has 3 rings (SSSR count). The van der Waals surface area contributed by atoms with E-state index in [1.54, 1.807) is 12.1 Å². The normalized spacial score (nSPS) is 20.2. The third-order valence-corrected chi connectivity index (χ3v) is 6.27. The van der Waals surface area contributed by atoms with Crippen molar-refractivity contribution in [1.82, 2.24) is 0 Å². The first kappa shape index (κ1) is 20.5. The van der Waals surface area contributed by atoms with E-state index in [-0.39, 0.29) is 0 Å². The van der Waals surface area contributed by atoms with Gasteiger partial charge in [-0.05, 0) is 60.1 Å². The molecule has 1 aliphatic rings. The van der Waals surface area contributed by atoms with E-state index in [2.05, 4.69) is 38.1 Å². The minimum atomic E-state index is 0.322. The quantitative estimate of drug-likeness (QED) is 0.482. The summed E-state index contributed by atoms with van der Waals surface area (Å²) in [5, 5.41) is 19.9. The molecular weight excluding hydrogens is 344 g/mol. The zero-order valence-electron chi connectivity index (χ0n) is 17.3. The second-order valence-electron chi connectivity index (χ2n) is 8.28. The number of benzene rings is 2. The Morgan fingerprint density at radius 2 is 1.54 bits per heavy atom. The highest BCUT2D eigenvalue weighted by Crippen LogP contribution is 2.37. The molecule has 28 heavy (non-hydrogen) atoms. The molecule has 3 unspecified atom stereocenters. The molecule has 150 valence electrons. The van der Waals surface area contributed by atoms with Crippen LogP contribution in [0.3, 0.4) is 0 Å². The van der Waals surface area contributed by atoms with E-state index in [9.17, 15) is 10.2 Å². The van der Waals surface area contributed by atoms with Gasteiger partial charge < -0.3 is 10.2 Å². The van der Waals surface area contributed by atoms with E-state index in [4.69, 9.17) is 0 Å². The number of aromatic hydroxyl groups is 2. The van der Waals surface area contributed by atoms with Crippen LogP contribution in [-0.4, -0.2) is 10.2 Å². The minimum absolute atomic E-state index is 0.322. The van der Waals surface area contributed by atoms with E-state index >= 15 is 0 Å². The zero-order chi connectivity index (χ0) is 19.9. The number of hydrogen-bond donors (Lipinski definition) is 2. The van der Waals surface area contributed by atoms with Gasteiger partial charge in [-0.15, -0.1) is 0 Å². The van der Waals surface area contributed by atoms with Crippen LogP contribution in [0.25, 0.3) is 0 Å². The lowest BCUT2D eigenvalue weighted by molar-refractivity contribution is 0.426. The lowest BCUT2D eigenvalue weighted by Crippen LogP contribution is -2.08. The first-order chi connectivity index (χ1) is 13.6. The second kappa shape index (κ2) is 9.82. The molecular formula is C26H34O2. The Hall–Kier alpha value is -2.22. The molecule has 0 saturated heterocycles. The third kappa shape index (κ3) is 5.19. The summed E-state index contributed by atoms with van der Waals surface area (Å²) in [6.07, 6.45) is 12.7. The molecule has 0 heterocycles. The minimum Gasteiger partial charge on any atom is -0.508 e. The van der Waals surface area contributed by atoms with Gasteiger partial charge in [-0.1, -0.05) is 75.9 Å². The van der Waals surface area contributed by atoms with Crippen molar-refractivity contribution in [3.8, 4) is 11.5 Å². The van der Waals surface area contributed by atoms with Gasteiger partial charge in [0, 0.05) is 11.8 Å². The van der Waals surface area contributed by atoms with E-state index in [1.807, 2.05) is 18.2 Å². The van der Waals surface area contributed by atoms with Crippen molar-refractivity contribution in [3.63, 3.8) is 0 Å². The molecule has 0 spiro atoms. The molecule has 0 fully saturated rings. The summed E-state index contributed by atoms with van der Waals surface area (Å²) in [5.74, 6) is 2.26. The van der Waals surface area contributed by atoms with Gasteiger partial charge >= 0.3 is 0 Å². The van der Waals surface area contributed by atoms with Crippen molar-refractivity contribution in [2.75, 3.05) is 0 Å². The summed E-state index contributed by atoms with van der Waals surface area (Å²) < 4.78 is 0. The second-order valence-corrected chi connectivity index (χ2v) is 8.28. The lowest BCUT2D eigenvalue weighted by Gasteiger charge is -2.24. The van der Waals surface area contributed by atoms with Gasteiger partial charge in [0.25, 0.3) is 0 Å². The molecule has 0 aliphatic heterocycles. The predicted octanol–water partition coefficient (Wildman–Crippen LogP) is 7.07. The van der Waals surface area contributed by atoms with Crippen LogP contribution in [0.4, 0.5) is 0 Å². The zero-order valence-corrected chi connectivity index (χ0v) is 17.3. The highest BCUT2D eigenvalue weighted by atomic mass is 16.3. The summed E-state index contributed by atoms with van der Waals surface area (Å²) >= 11 is 0. The Kier molecular flexibility index (Phi) is 7.19. The van der Waals surface area contributed by atoms with Crippen molar-refractivity contribution < 1.29 is 10.2 Å². The Bertz CT molecular complexity index is 776. The van der Waals surface area contributed by atoms with E-state index in [1.165, 1.54) is 36.8 Å². The van der Waals surface area contributed by atoms with Crippen molar-refractivity contribution >= 4 is 0 Å². The van der Waals surface area contributed by atoms with Gasteiger partial charge in [-0.25, -0.2) is 0 Å². The van der Waals surface area contributed by atoms with Crippen molar-refractivity contribution in [2.24, 2.45) is 5.92 Å². The van der Waals surface area contributed by atoms with Crippen LogP contribution in [0.1, 0.15) is 80.9 Å². The fraction of sp³-hybridized carbons (Fsp3) is 0.462. The van der Waals surface area contributed by atoms with Gasteiger partial charge in [0.15, 0.2) is 0 Å². The number of unbranched alkanes of at least 4 members (excludes halogenated alkanes) is 1. The molecule has 3 atom stereocenters. The topological polar surface area (TPSA) is 40.5 Å². The molecule has 1 aliphatic carbocycles. The molecule has 2 heteroatoms. The Morgan fingerprint density at radius 3 is 2.14 bits per heavy atom. The van der Waals surface area contributed by atoms with Gasteiger partial charge in [0.2, 0.25) is 0 Å². The first-order valence-electron chi connectivity index (χ1n) is 10.9. The summed E-state index contributed by atoms with van der Waals surface area (Å²) in [4.78, 5) is 0. The average Bonchev–Trinajstić information content (AvgIpc) is 2.73. The van der Waals surface area contributed by atoms with E-state index in [0.29, 0.717) is 29.3 Å². The standard InChI is InChI=1S/C26H34O2/c1-3-5-6-19(4-2)17-24-18-23(13-16-26(24)28)22-9-7-20(8-10-22)21-11-14-25(27)15-12-21/h7,9,11-16,18-20,22,27-28H,3-6,8,10,17H2,1-2H3. The van der Waals surface area contributed by atoms with Crippen LogP contribution in [0.2, 0.25) is 0 Å². The van der Waals surface area contributed by atoms with E-state index < -0.39 is 0 Å². The maximum absolute atomic E-state index is 10.4. The molecule has 0 bridgehead atoms. The van der Waals surface area contributed by atoms with Crippen LogP contribution in [0.5, 0.6) is 11.5 Å². The largest absolute Gasteiger partial charge is 0.508 e. The molecule has 2 aromatic rings. The first-order valence-corrected chi connectivity index (χ1v) is 10.9. The fourth-order valence-electron chi connectivity index (χ4n) is 4.35. The van der Waals surface area contributed by atoms with Gasteiger partial charge in [0.1, 0.15) is 11.5 Å². The van der Waals surface area contributed by atoms with Crippen LogP contribution in [-0.2, 0) is 6.42 Å². The molecule has 0 aromatic heterocycles. The van der Waals surface area contributed by atoms with E-state index in [0.717, 1.165) is 24.8 Å². The number of phenols is 2. The molecule has 2 aromatic carbocycles. The number of phenolic OH excluding ortho intramolecular Hbond substituents is 2. The van der Waals surface area contributed by atoms with Gasteiger partial charge in [-0.2, -0.15) is 0 Å². The van der Waals surface area contributed by atoms with Crippen LogP contribution >= 0.6 is 0 Å². The van der Waals surface area contributed by atoms with Crippen LogP contribution in [0, 0.1) is 5.92 Å². The molecule has 0 radical (unpaired) electrons. The smallest absolute Gasteiger partial charge is 0.118 e. The maximum Gasteiger partial charge on any atom is 0.118 e. The highest BCUT2D eigenvalue weighted by molar-refractivity contribution is 5.40.